The molecule has 8 nitrogen and oxygen atoms in total. The first kappa shape index (κ1) is 19.6. The Kier molecular flexibility index (Phi) is 5.36. The predicted molar refractivity (Wildman–Crippen MR) is 110 cm³/mol. The van der Waals surface area contributed by atoms with Crippen LogP contribution in [0.4, 0.5) is 5.82 Å². The van der Waals surface area contributed by atoms with Gasteiger partial charge in [0.2, 0.25) is 5.91 Å². The molecule has 0 unspecified atom stereocenters. The quantitative estimate of drug-likeness (QED) is 0.733. The smallest absolute Gasteiger partial charge is 0.259 e. The number of aromatic nitrogens is 3. The average molecular weight is 396 g/mol. The van der Waals surface area contributed by atoms with Crippen molar-refractivity contribution in [3.63, 3.8) is 0 Å². The molecular weight excluding hydrogens is 368 g/mol. The van der Waals surface area contributed by atoms with Gasteiger partial charge in [-0.05, 0) is 38.9 Å². The fourth-order valence-electron chi connectivity index (χ4n) is 4.35. The van der Waals surface area contributed by atoms with Gasteiger partial charge < -0.3 is 14.3 Å². The van der Waals surface area contributed by atoms with E-state index in [4.69, 9.17) is 4.52 Å². The van der Waals surface area contributed by atoms with Crippen LogP contribution in [0.15, 0.2) is 35.5 Å². The molecule has 0 bridgehead atoms. The molecule has 4 rings (SSSR count). The van der Waals surface area contributed by atoms with Crippen LogP contribution in [0.25, 0.3) is 11.5 Å². The second-order valence-corrected chi connectivity index (χ2v) is 8.00. The summed E-state index contributed by atoms with van der Waals surface area (Å²) in [6.07, 6.45) is 6.00. The molecule has 0 aromatic carbocycles. The topological polar surface area (TPSA) is 78.6 Å². The number of likely N-dealkylation sites (tertiary alicyclic amines) is 1. The number of carbonyl (C=O) groups is 1. The largest absolute Gasteiger partial charge is 0.353 e. The third-order valence-electron chi connectivity index (χ3n) is 6.20. The van der Waals surface area contributed by atoms with E-state index < -0.39 is 0 Å². The first-order chi connectivity index (χ1) is 14.0. The lowest BCUT2D eigenvalue weighted by atomic mass is 9.86. The van der Waals surface area contributed by atoms with Crippen molar-refractivity contribution < 1.29 is 9.32 Å². The molecule has 2 saturated heterocycles. The number of amides is 1. The maximum Gasteiger partial charge on any atom is 0.259 e. The van der Waals surface area contributed by atoms with E-state index in [0.29, 0.717) is 24.7 Å². The van der Waals surface area contributed by atoms with E-state index in [1.165, 1.54) is 0 Å². The Hall–Kier alpha value is -2.74. The highest BCUT2D eigenvalue weighted by Crippen LogP contribution is 2.33. The number of rotatable bonds is 4. The minimum Gasteiger partial charge on any atom is -0.353 e. The molecule has 2 aliphatic heterocycles. The minimum atomic E-state index is -0.0201. The first-order valence-electron chi connectivity index (χ1n) is 10.1. The van der Waals surface area contributed by atoms with Crippen molar-refractivity contribution in [2.24, 2.45) is 0 Å². The molecule has 0 saturated carbocycles. The number of hydrogen-bond acceptors (Lipinski definition) is 7. The molecule has 2 fully saturated rings. The predicted octanol–water partition coefficient (Wildman–Crippen LogP) is 2.13. The molecule has 29 heavy (non-hydrogen) atoms. The highest BCUT2D eigenvalue weighted by atomic mass is 16.5. The maximum absolute atomic E-state index is 12.5. The first-order valence-corrected chi connectivity index (χ1v) is 10.1. The van der Waals surface area contributed by atoms with E-state index in [1.54, 1.807) is 13.1 Å². The zero-order chi connectivity index (χ0) is 20.4. The van der Waals surface area contributed by atoms with Crippen LogP contribution in [0, 0.1) is 6.92 Å². The Morgan fingerprint density at radius 1 is 1.28 bits per heavy atom. The molecule has 0 aliphatic carbocycles. The van der Waals surface area contributed by atoms with Crippen LogP contribution in [0.3, 0.4) is 0 Å². The number of carbonyl (C=O) groups excluding carboxylic acids is 1. The zero-order valence-corrected chi connectivity index (χ0v) is 17.2. The Labute approximate surface area is 171 Å². The van der Waals surface area contributed by atoms with Gasteiger partial charge in [0.15, 0.2) is 5.82 Å². The third kappa shape index (κ3) is 3.89. The molecule has 8 heteroatoms. The molecule has 1 amide bonds. The van der Waals surface area contributed by atoms with Crippen LogP contribution in [-0.2, 0) is 4.79 Å². The van der Waals surface area contributed by atoms with Gasteiger partial charge in [-0.3, -0.25) is 9.69 Å². The van der Waals surface area contributed by atoms with Crippen LogP contribution in [0.1, 0.15) is 25.1 Å². The Morgan fingerprint density at radius 2 is 2.14 bits per heavy atom. The molecule has 4 heterocycles. The van der Waals surface area contributed by atoms with E-state index in [1.807, 2.05) is 23.1 Å². The zero-order valence-electron chi connectivity index (χ0n) is 17.2. The van der Waals surface area contributed by atoms with Gasteiger partial charge in [-0.15, -0.1) is 6.58 Å². The SMILES string of the molecule is C=CCN1CC[C@@]2(CCC1=O)CN(c1ccc(-c3nc(C)no3)cn1)CCN2C. The van der Waals surface area contributed by atoms with Gasteiger partial charge in [-0.2, -0.15) is 4.98 Å². The van der Waals surface area contributed by atoms with Crippen molar-refractivity contribution in [2.45, 2.75) is 31.7 Å². The molecule has 2 aliphatic rings. The molecule has 2 aromatic heterocycles. The lowest BCUT2D eigenvalue weighted by Gasteiger charge is -2.49. The molecule has 0 N–H and O–H groups in total. The number of piperazine rings is 1. The van der Waals surface area contributed by atoms with Gasteiger partial charge in [0.05, 0.1) is 5.56 Å². The molecule has 2 aromatic rings. The maximum atomic E-state index is 12.5. The number of anilines is 1. The molecule has 1 atom stereocenters. The van der Waals surface area contributed by atoms with Gasteiger partial charge >= 0.3 is 0 Å². The fourth-order valence-corrected chi connectivity index (χ4v) is 4.35. The number of aryl methyl sites for hydroxylation is 1. The standard InChI is InChI=1S/C21H28N6O2/c1-4-10-26-11-9-21(8-7-19(26)28)15-27(13-12-25(21)3)18-6-5-17(14-22-18)20-23-16(2)24-29-20/h4-6,14H,1,7-13,15H2,2-3H3/t21-/m0/s1. The Morgan fingerprint density at radius 3 is 2.83 bits per heavy atom. The van der Waals surface area contributed by atoms with Crippen molar-refractivity contribution >= 4 is 11.7 Å². The van der Waals surface area contributed by atoms with E-state index in [0.717, 1.165) is 50.4 Å². The Bertz CT molecular complexity index is 880. The van der Waals surface area contributed by atoms with Crippen LogP contribution in [0.2, 0.25) is 0 Å². The third-order valence-corrected chi connectivity index (χ3v) is 6.20. The minimum absolute atomic E-state index is 0.0201. The molecule has 154 valence electrons. The van der Waals surface area contributed by atoms with Gasteiger partial charge in [-0.1, -0.05) is 11.2 Å². The molecular formula is C21H28N6O2. The van der Waals surface area contributed by atoms with E-state index >= 15 is 0 Å². The van der Waals surface area contributed by atoms with Crippen molar-refractivity contribution in [2.75, 3.05) is 44.7 Å². The van der Waals surface area contributed by atoms with Crippen LogP contribution < -0.4 is 4.90 Å². The summed E-state index contributed by atoms with van der Waals surface area (Å²) < 4.78 is 5.23. The number of nitrogens with zero attached hydrogens (tertiary/aromatic N) is 6. The van der Waals surface area contributed by atoms with Gasteiger partial charge in [0, 0.05) is 50.9 Å². The second-order valence-electron chi connectivity index (χ2n) is 8.00. The van der Waals surface area contributed by atoms with Crippen molar-refractivity contribution in [1.82, 2.24) is 24.9 Å². The highest BCUT2D eigenvalue weighted by Gasteiger charge is 2.42. The van der Waals surface area contributed by atoms with E-state index in [9.17, 15) is 4.79 Å². The molecule has 0 radical (unpaired) electrons. The van der Waals surface area contributed by atoms with Crippen LogP contribution >= 0.6 is 0 Å². The lowest BCUT2D eigenvalue weighted by Crippen LogP contribution is -2.61. The van der Waals surface area contributed by atoms with Crippen LogP contribution in [-0.4, -0.2) is 76.1 Å². The van der Waals surface area contributed by atoms with Crippen molar-refractivity contribution in [1.29, 1.82) is 0 Å². The summed E-state index contributed by atoms with van der Waals surface area (Å²) >= 11 is 0. The fraction of sp³-hybridized carbons (Fsp3) is 0.524. The van der Waals surface area contributed by atoms with Gasteiger partial charge in [0.25, 0.3) is 5.89 Å². The second kappa shape index (κ2) is 7.94. The van der Waals surface area contributed by atoms with Crippen molar-refractivity contribution in [3.8, 4) is 11.5 Å². The number of pyridine rings is 1. The monoisotopic (exact) mass is 396 g/mol. The van der Waals surface area contributed by atoms with Gasteiger partial charge in [-0.25, -0.2) is 4.98 Å². The van der Waals surface area contributed by atoms with Gasteiger partial charge in [0.1, 0.15) is 5.82 Å². The van der Waals surface area contributed by atoms with E-state index in [-0.39, 0.29) is 11.4 Å². The lowest BCUT2D eigenvalue weighted by molar-refractivity contribution is -0.130. The summed E-state index contributed by atoms with van der Waals surface area (Å²) in [5.74, 6) is 2.26. The number of likely N-dealkylation sites (N-methyl/N-ethyl adjacent to an activating group) is 1. The Balaban J connectivity index is 1.51. The summed E-state index contributed by atoms with van der Waals surface area (Å²) in [4.78, 5) is 28.1. The summed E-state index contributed by atoms with van der Waals surface area (Å²) in [6, 6.07) is 3.99. The van der Waals surface area contributed by atoms with E-state index in [2.05, 4.69) is 38.6 Å². The highest BCUT2D eigenvalue weighted by molar-refractivity contribution is 5.76. The average Bonchev–Trinajstić information content (AvgIpc) is 3.11. The normalized spacial score (nSPS) is 23.4. The summed E-state index contributed by atoms with van der Waals surface area (Å²) in [7, 11) is 2.18. The summed E-state index contributed by atoms with van der Waals surface area (Å²) in [6.45, 7) is 9.70. The summed E-state index contributed by atoms with van der Waals surface area (Å²) in [5.41, 5.74) is 0.798. The summed E-state index contributed by atoms with van der Waals surface area (Å²) in [5, 5.41) is 3.84. The number of hydrogen-bond donors (Lipinski definition) is 0. The van der Waals surface area contributed by atoms with Crippen LogP contribution in [0.5, 0.6) is 0 Å². The molecule has 1 spiro atoms. The van der Waals surface area contributed by atoms with Crippen molar-refractivity contribution in [3.05, 3.63) is 36.8 Å².